The Morgan fingerprint density at radius 2 is 1.50 bits per heavy atom. The summed E-state index contributed by atoms with van der Waals surface area (Å²) in [6.45, 7) is 16.8. The molecule has 0 aromatic carbocycles. The highest BCUT2D eigenvalue weighted by Gasteiger charge is 2.26. The minimum Gasteiger partial charge on any atom is -0.0654 e. The molecule has 0 fully saturated rings. The predicted octanol–water partition coefficient (Wildman–Crippen LogP) is 6.69. The Hall–Kier alpha value is 0. The van der Waals surface area contributed by atoms with Crippen LogP contribution in [-0.2, 0) is 0 Å². The van der Waals surface area contributed by atoms with E-state index in [-0.39, 0.29) is 0 Å². The van der Waals surface area contributed by atoms with Crippen molar-refractivity contribution in [3.8, 4) is 0 Å². The van der Waals surface area contributed by atoms with Gasteiger partial charge in [0, 0.05) is 0 Å². The Kier molecular flexibility index (Phi) is 8.99. The highest BCUT2D eigenvalue weighted by Crippen LogP contribution is 2.37. The fourth-order valence-electron chi connectivity index (χ4n) is 2.88. The van der Waals surface area contributed by atoms with Crippen molar-refractivity contribution in [2.45, 2.75) is 93.4 Å². The van der Waals surface area contributed by atoms with E-state index < -0.39 is 0 Å². The molecule has 110 valence electrons. The monoisotopic (exact) mass is 254 g/mol. The van der Waals surface area contributed by atoms with Gasteiger partial charge in [-0.2, -0.15) is 0 Å². The van der Waals surface area contributed by atoms with Gasteiger partial charge in [-0.15, -0.1) is 0 Å². The zero-order valence-electron chi connectivity index (χ0n) is 14.2. The van der Waals surface area contributed by atoms with Gasteiger partial charge < -0.3 is 0 Å². The fraction of sp³-hybridized carbons (Fsp3) is 1.00. The van der Waals surface area contributed by atoms with Crippen molar-refractivity contribution >= 4 is 0 Å². The van der Waals surface area contributed by atoms with E-state index >= 15 is 0 Å². The quantitative estimate of drug-likeness (QED) is 0.407. The van der Waals surface area contributed by atoms with Crippen LogP contribution in [0.15, 0.2) is 0 Å². The van der Waals surface area contributed by atoms with Gasteiger partial charge in [-0.25, -0.2) is 0 Å². The molecule has 0 aliphatic carbocycles. The van der Waals surface area contributed by atoms with Crippen LogP contribution in [0.3, 0.4) is 0 Å². The summed E-state index contributed by atoms with van der Waals surface area (Å²) in [6, 6.07) is 0. The van der Waals surface area contributed by atoms with Crippen LogP contribution in [0.5, 0.6) is 0 Å². The maximum atomic E-state index is 2.48. The van der Waals surface area contributed by atoms with Crippen LogP contribution in [0.25, 0.3) is 0 Å². The van der Waals surface area contributed by atoms with Gasteiger partial charge >= 0.3 is 0 Å². The van der Waals surface area contributed by atoms with Gasteiger partial charge in [-0.05, 0) is 36.0 Å². The molecule has 0 amide bonds. The molecule has 0 heteroatoms. The predicted molar refractivity (Wildman–Crippen MR) is 84.9 cm³/mol. The molecular weight excluding hydrogens is 216 g/mol. The van der Waals surface area contributed by atoms with Crippen LogP contribution in [0, 0.1) is 23.2 Å². The minimum absolute atomic E-state index is 0.523. The minimum atomic E-state index is 0.523. The zero-order chi connectivity index (χ0) is 14.2. The van der Waals surface area contributed by atoms with Crippen molar-refractivity contribution in [1.29, 1.82) is 0 Å². The normalized spacial score (nSPS) is 17.5. The molecule has 0 aliphatic rings. The maximum Gasteiger partial charge on any atom is -0.0328 e. The van der Waals surface area contributed by atoms with Gasteiger partial charge in [0.05, 0.1) is 0 Å². The standard InChI is InChI=1S/C18H38/c1-8-11-16(4)12-10-13-18(6,7)17(5)14-15(3)9-2/h15-17H,8-14H2,1-7H3. The smallest absolute Gasteiger partial charge is 0.0328 e. The van der Waals surface area contributed by atoms with Gasteiger partial charge in [0.15, 0.2) is 0 Å². The summed E-state index contributed by atoms with van der Waals surface area (Å²) in [5.74, 6) is 2.67. The lowest BCUT2D eigenvalue weighted by Gasteiger charge is -2.34. The van der Waals surface area contributed by atoms with E-state index in [4.69, 9.17) is 0 Å². The van der Waals surface area contributed by atoms with Crippen molar-refractivity contribution < 1.29 is 0 Å². The molecule has 0 aromatic rings. The van der Waals surface area contributed by atoms with E-state index in [1.165, 1.54) is 44.9 Å². The molecule has 0 aliphatic heterocycles. The van der Waals surface area contributed by atoms with E-state index in [0.717, 1.165) is 17.8 Å². The molecule has 18 heavy (non-hydrogen) atoms. The van der Waals surface area contributed by atoms with E-state index in [2.05, 4.69) is 48.5 Å². The van der Waals surface area contributed by atoms with Crippen molar-refractivity contribution in [2.75, 3.05) is 0 Å². The van der Waals surface area contributed by atoms with Crippen molar-refractivity contribution in [3.05, 3.63) is 0 Å². The SMILES string of the molecule is CCCC(C)CCCC(C)(C)C(C)CC(C)CC. The second-order valence-corrected chi connectivity index (χ2v) is 7.42. The first-order valence-corrected chi connectivity index (χ1v) is 8.33. The first-order valence-electron chi connectivity index (χ1n) is 8.33. The summed E-state index contributed by atoms with van der Waals surface area (Å²) in [7, 11) is 0. The third-order valence-corrected chi connectivity index (χ3v) is 5.09. The van der Waals surface area contributed by atoms with E-state index in [9.17, 15) is 0 Å². The van der Waals surface area contributed by atoms with Gasteiger partial charge in [0.2, 0.25) is 0 Å². The van der Waals surface area contributed by atoms with Gasteiger partial charge in [0.1, 0.15) is 0 Å². The largest absolute Gasteiger partial charge is 0.0654 e. The fourth-order valence-corrected chi connectivity index (χ4v) is 2.88. The molecule has 0 aromatic heterocycles. The van der Waals surface area contributed by atoms with Crippen LogP contribution in [0.1, 0.15) is 93.4 Å². The summed E-state index contributed by atoms with van der Waals surface area (Å²) in [5, 5.41) is 0. The lowest BCUT2D eigenvalue weighted by atomic mass is 9.72. The molecule has 3 atom stereocenters. The van der Waals surface area contributed by atoms with E-state index in [0.29, 0.717) is 5.41 Å². The lowest BCUT2D eigenvalue weighted by Crippen LogP contribution is -2.23. The summed E-state index contributed by atoms with van der Waals surface area (Å²) in [5.41, 5.74) is 0.523. The molecule has 0 spiro atoms. The van der Waals surface area contributed by atoms with E-state index in [1.54, 1.807) is 0 Å². The molecule has 0 heterocycles. The Bertz CT molecular complexity index is 192. The highest BCUT2D eigenvalue weighted by atomic mass is 14.3. The molecule has 0 rings (SSSR count). The zero-order valence-corrected chi connectivity index (χ0v) is 14.2. The van der Waals surface area contributed by atoms with Crippen LogP contribution in [-0.4, -0.2) is 0 Å². The molecule has 0 nitrogen and oxygen atoms in total. The number of hydrogen-bond acceptors (Lipinski definition) is 0. The molecule has 0 N–H and O–H groups in total. The molecule has 0 bridgehead atoms. The molecule has 0 radical (unpaired) electrons. The van der Waals surface area contributed by atoms with Gasteiger partial charge in [-0.3, -0.25) is 0 Å². The number of hydrogen-bond donors (Lipinski definition) is 0. The average Bonchev–Trinajstić information content (AvgIpc) is 2.28. The lowest BCUT2D eigenvalue weighted by molar-refractivity contribution is 0.170. The van der Waals surface area contributed by atoms with Crippen LogP contribution in [0.2, 0.25) is 0 Å². The first-order chi connectivity index (χ1) is 8.33. The number of rotatable bonds is 10. The molecular formula is C18H38. The van der Waals surface area contributed by atoms with Crippen LogP contribution >= 0.6 is 0 Å². The van der Waals surface area contributed by atoms with Gasteiger partial charge in [-0.1, -0.05) is 80.6 Å². The Morgan fingerprint density at radius 1 is 0.889 bits per heavy atom. The van der Waals surface area contributed by atoms with Crippen LogP contribution < -0.4 is 0 Å². The van der Waals surface area contributed by atoms with Crippen LogP contribution in [0.4, 0.5) is 0 Å². The second kappa shape index (κ2) is 8.99. The molecule has 3 unspecified atom stereocenters. The van der Waals surface area contributed by atoms with Crippen molar-refractivity contribution in [1.82, 2.24) is 0 Å². The average molecular weight is 255 g/mol. The summed E-state index contributed by atoms with van der Waals surface area (Å²) < 4.78 is 0. The highest BCUT2D eigenvalue weighted by molar-refractivity contribution is 4.77. The van der Waals surface area contributed by atoms with E-state index in [1.807, 2.05) is 0 Å². The van der Waals surface area contributed by atoms with Gasteiger partial charge in [0.25, 0.3) is 0 Å². The summed E-state index contributed by atoms with van der Waals surface area (Å²) in [6.07, 6.45) is 9.71. The van der Waals surface area contributed by atoms with Crippen molar-refractivity contribution in [3.63, 3.8) is 0 Å². The molecule has 0 saturated carbocycles. The summed E-state index contributed by atoms with van der Waals surface area (Å²) >= 11 is 0. The Morgan fingerprint density at radius 3 is 2.00 bits per heavy atom. The Labute approximate surface area is 117 Å². The third kappa shape index (κ3) is 7.44. The van der Waals surface area contributed by atoms with Crippen molar-refractivity contribution in [2.24, 2.45) is 23.2 Å². The topological polar surface area (TPSA) is 0 Å². The summed E-state index contributed by atoms with van der Waals surface area (Å²) in [4.78, 5) is 0. The first kappa shape index (κ1) is 18.0. The molecule has 0 saturated heterocycles. The Balaban J connectivity index is 3.98. The second-order valence-electron chi connectivity index (χ2n) is 7.42. The third-order valence-electron chi connectivity index (χ3n) is 5.09. The maximum absolute atomic E-state index is 2.48.